The Bertz CT molecular complexity index is 772. The van der Waals surface area contributed by atoms with E-state index >= 15 is 0 Å². The van der Waals surface area contributed by atoms with Gasteiger partial charge in [-0.2, -0.15) is 0 Å². The number of benzene rings is 2. The zero-order valence-electron chi connectivity index (χ0n) is 18.1. The molecule has 5 nitrogen and oxygen atoms in total. The van der Waals surface area contributed by atoms with Crippen molar-refractivity contribution in [1.82, 2.24) is 10.2 Å². The van der Waals surface area contributed by atoms with Crippen molar-refractivity contribution >= 4 is 0 Å². The molecule has 0 radical (unpaired) electrons. The molecule has 0 aromatic heterocycles. The third-order valence-corrected chi connectivity index (χ3v) is 5.32. The normalized spacial score (nSPS) is 15.5. The summed E-state index contributed by atoms with van der Waals surface area (Å²) in [4.78, 5) is 2.57. The molecule has 1 N–H and O–H groups in total. The van der Waals surface area contributed by atoms with E-state index in [0.717, 1.165) is 43.4 Å². The molecular formula is C24H34N2O3. The van der Waals surface area contributed by atoms with Crippen LogP contribution in [0.2, 0.25) is 0 Å². The second-order valence-electron chi connectivity index (χ2n) is 7.82. The van der Waals surface area contributed by atoms with Crippen LogP contribution in [0.5, 0.6) is 17.2 Å². The fourth-order valence-electron chi connectivity index (χ4n) is 3.89. The summed E-state index contributed by atoms with van der Waals surface area (Å²) in [6.07, 6.45) is 2.67. The third kappa shape index (κ3) is 5.87. The third-order valence-electron chi connectivity index (χ3n) is 5.32. The van der Waals surface area contributed by atoms with Gasteiger partial charge in [-0.15, -0.1) is 0 Å². The Hall–Kier alpha value is -2.24. The van der Waals surface area contributed by atoms with Crippen LogP contribution in [0.4, 0.5) is 0 Å². The van der Waals surface area contributed by atoms with Crippen LogP contribution in [0, 0.1) is 0 Å². The topological polar surface area (TPSA) is 43.0 Å². The molecule has 158 valence electrons. The number of ether oxygens (including phenoxy) is 3. The Morgan fingerprint density at radius 2 is 1.76 bits per heavy atom. The molecule has 0 saturated carbocycles. The first kappa shape index (κ1) is 21.5. The summed E-state index contributed by atoms with van der Waals surface area (Å²) in [5, 5.41) is 3.65. The summed E-state index contributed by atoms with van der Waals surface area (Å²) >= 11 is 0. The van der Waals surface area contributed by atoms with Gasteiger partial charge in [-0.05, 0) is 75.2 Å². The molecule has 0 spiro atoms. The lowest BCUT2D eigenvalue weighted by Crippen LogP contribution is -2.34. The van der Waals surface area contributed by atoms with Gasteiger partial charge < -0.3 is 19.5 Å². The van der Waals surface area contributed by atoms with E-state index in [2.05, 4.69) is 40.5 Å². The van der Waals surface area contributed by atoms with Crippen LogP contribution in [-0.4, -0.2) is 44.9 Å². The smallest absolute Gasteiger partial charge is 0.161 e. The van der Waals surface area contributed by atoms with Crippen molar-refractivity contribution in [3.63, 3.8) is 0 Å². The number of rotatable bonds is 10. The van der Waals surface area contributed by atoms with Crippen LogP contribution in [-0.2, 0) is 6.54 Å². The van der Waals surface area contributed by atoms with Crippen LogP contribution in [0.1, 0.15) is 43.9 Å². The Labute approximate surface area is 175 Å². The maximum Gasteiger partial charge on any atom is 0.161 e. The van der Waals surface area contributed by atoms with E-state index in [4.69, 9.17) is 14.2 Å². The minimum Gasteiger partial charge on any atom is -0.497 e. The number of likely N-dealkylation sites (tertiary alicyclic amines) is 1. The molecule has 1 aliphatic heterocycles. The molecule has 0 amide bonds. The maximum atomic E-state index is 5.82. The number of nitrogens with one attached hydrogen (secondary N) is 1. The first-order chi connectivity index (χ1) is 14.1. The van der Waals surface area contributed by atoms with Crippen molar-refractivity contribution in [3.05, 3.63) is 53.6 Å². The first-order valence-electron chi connectivity index (χ1n) is 10.5. The highest BCUT2D eigenvalue weighted by Gasteiger charge is 2.23. The van der Waals surface area contributed by atoms with Gasteiger partial charge in [0.2, 0.25) is 0 Å². The van der Waals surface area contributed by atoms with Crippen LogP contribution in [0.3, 0.4) is 0 Å². The van der Waals surface area contributed by atoms with E-state index in [9.17, 15) is 0 Å². The highest BCUT2D eigenvalue weighted by molar-refractivity contribution is 5.43. The Kier molecular flexibility index (Phi) is 7.78. The van der Waals surface area contributed by atoms with Crippen LogP contribution < -0.4 is 19.5 Å². The van der Waals surface area contributed by atoms with Crippen molar-refractivity contribution in [1.29, 1.82) is 0 Å². The molecule has 1 saturated heterocycles. The van der Waals surface area contributed by atoms with Gasteiger partial charge >= 0.3 is 0 Å². The molecule has 5 heteroatoms. The van der Waals surface area contributed by atoms with Gasteiger partial charge in [0.1, 0.15) is 5.75 Å². The molecule has 2 aromatic rings. The second-order valence-corrected chi connectivity index (χ2v) is 7.82. The van der Waals surface area contributed by atoms with Gasteiger partial charge in [0, 0.05) is 19.1 Å². The maximum absolute atomic E-state index is 5.82. The summed E-state index contributed by atoms with van der Waals surface area (Å²) in [5.74, 6) is 2.48. The quantitative estimate of drug-likeness (QED) is 0.642. The lowest BCUT2D eigenvalue weighted by Gasteiger charge is -2.28. The van der Waals surface area contributed by atoms with Gasteiger partial charge in [-0.1, -0.05) is 18.2 Å². The Morgan fingerprint density at radius 3 is 2.45 bits per heavy atom. The van der Waals surface area contributed by atoms with E-state index in [-0.39, 0.29) is 6.10 Å². The highest BCUT2D eigenvalue weighted by atomic mass is 16.5. The Morgan fingerprint density at radius 1 is 0.966 bits per heavy atom. The van der Waals surface area contributed by atoms with E-state index in [0.29, 0.717) is 6.04 Å². The van der Waals surface area contributed by atoms with Crippen molar-refractivity contribution in [3.8, 4) is 17.2 Å². The predicted molar refractivity (Wildman–Crippen MR) is 117 cm³/mol. The summed E-state index contributed by atoms with van der Waals surface area (Å²) < 4.78 is 16.8. The molecule has 29 heavy (non-hydrogen) atoms. The minimum absolute atomic E-state index is 0.122. The number of methoxy groups -OCH3 is 2. The van der Waals surface area contributed by atoms with Gasteiger partial charge in [0.05, 0.1) is 20.3 Å². The van der Waals surface area contributed by atoms with Crippen molar-refractivity contribution in [2.75, 3.05) is 33.9 Å². The number of nitrogens with zero attached hydrogens (tertiary/aromatic N) is 1. The zero-order chi connectivity index (χ0) is 20.6. The molecule has 2 aromatic carbocycles. The fourth-order valence-corrected chi connectivity index (χ4v) is 3.89. The summed E-state index contributed by atoms with van der Waals surface area (Å²) in [6.45, 7) is 8.02. The molecule has 1 aliphatic rings. The average molecular weight is 399 g/mol. The Balaban J connectivity index is 1.66. The summed E-state index contributed by atoms with van der Waals surface area (Å²) in [6, 6.07) is 14.9. The monoisotopic (exact) mass is 398 g/mol. The minimum atomic E-state index is 0.122. The first-order valence-corrected chi connectivity index (χ1v) is 10.5. The molecule has 1 atom stereocenters. The number of hydrogen-bond donors (Lipinski definition) is 1. The largest absolute Gasteiger partial charge is 0.497 e. The van der Waals surface area contributed by atoms with Crippen molar-refractivity contribution in [2.24, 2.45) is 0 Å². The van der Waals surface area contributed by atoms with E-state index in [1.807, 2.05) is 26.0 Å². The zero-order valence-corrected chi connectivity index (χ0v) is 18.1. The van der Waals surface area contributed by atoms with E-state index < -0.39 is 0 Å². The van der Waals surface area contributed by atoms with Gasteiger partial charge in [-0.25, -0.2) is 0 Å². The standard InChI is InChI=1S/C24H34N2O3/c1-18(2)29-23-11-10-19(14-24(23)28-4)16-25-17-22(26-12-5-6-13-26)20-8-7-9-21(15-20)27-3/h7-11,14-15,18,22,25H,5-6,12-13,16-17H2,1-4H3. The van der Waals surface area contributed by atoms with Crippen molar-refractivity contribution in [2.45, 2.75) is 45.4 Å². The van der Waals surface area contributed by atoms with Crippen molar-refractivity contribution < 1.29 is 14.2 Å². The lowest BCUT2D eigenvalue weighted by atomic mass is 10.0. The van der Waals surface area contributed by atoms with Gasteiger partial charge in [0.25, 0.3) is 0 Å². The lowest BCUT2D eigenvalue weighted by molar-refractivity contribution is 0.230. The molecule has 1 fully saturated rings. The molecule has 1 heterocycles. The van der Waals surface area contributed by atoms with Crippen LogP contribution >= 0.6 is 0 Å². The van der Waals surface area contributed by atoms with Crippen LogP contribution in [0.15, 0.2) is 42.5 Å². The summed E-state index contributed by atoms with van der Waals surface area (Å²) in [5.41, 5.74) is 2.49. The average Bonchev–Trinajstić information content (AvgIpc) is 3.26. The SMILES string of the molecule is COc1cccc(C(CNCc2ccc(OC(C)C)c(OC)c2)N2CCCC2)c1. The molecule has 0 aliphatic carbocycles. The van der Waals surface area contributed by atoms with Gasteiger partial charge in [-0.3, -0.25) is 4.90 Å². The molecule has 1 unspecified atom stereocenters. The highest BCUT2D eigenvalue weighted by Crippen LogP contribution is 2.30. The predicted octanol–water partition coefficient (Wildman–Crippen LogP) is 4.42. The molecular weight excluding hydrogens is 364 g/mol. The van der Waals surface area contributed by atoms with E-state index in [1.54, 1.807) is 14.2 Å². The molecule has 0 bridgehead atoms. The number of hydrogen-bond acceptors (Lipinski definition) is 5. The fraction of sp³-hybridized carbons (Fsp3) is 0.500. The van der Waals surface area contributed by atoms with E-state index in [1.165, 1.54) is 24.0 Å². The second kappa shape index (κ2) is 10.5. The molecule has 3 rings (SSSR count). The van der Waals surface area contributed by atoms with Crippen LogP contribution in [0.25, 0.3) is 0 Å². The summed E-state index contributed by atoms with van der Waals surface area (Å²) in [7, 11) is 3.41. The van der Waals surface area contributed by atoms with Gasteiger partial charge in [0.15, 0.2) is 11.5 Å².